The normalized spacial score (nSPS) is 24.8. The SMILES string of the molecule is CC(=O)C1C2c3ccccc3OC1(C)N=c1s/c(=C\c3ccc(O)cc3)c(=O)n12. The second-order valence-electron chi connectivity index (χ2n) is 7.50. The highest BCUT2D eigenvalue weighted by atomic mass is 32.1. The zero-order valence-corrected chi connectivity index (χ0v) is 16.6. The molecule has 7 heteroatoms. The van der Waals surface area contributed by atoms with Crippen molar-refractivity contribution < 1.29 is 14.6 Å². The van der Waals surface area contributed by atoms with Gasteiger partial charge in [-0.15, -0.1) is 0 Å². The molecule has 2 aliphatic rings. The number of aromatic hydroxyl groups is 1. The minimum Gasteiger partial charge on any atom is -0.508 e. The van der Waals surface area contributed by atoms with Crippen molar-refractivity contribution in [3.63, 3.8) is 0 Å². The Balaban J connectivity index is 1.80. The number of carbonyl (C=O) groups excluding carboxylic acids is 1. The number of thiazole rings is 1. The number of nitrogens with zero attached hydrogens (tertiary/aromatic N) is 2. The molecule has 0 fully saturated rings. The highest BCUT2D eigenvalue weighted by molar-refractivity contribution is 7.07. The van der Waals surface area contributed by atoms with Gasteiger partial charge in [0.25, 0.3) is 5.56 Å². The summed E-state index contributed by atoms with van der Waals surface area (Å²) in [6.07, 6.45) is 1.77. The average molecular weight is 406 g/mol. The minimum absolute atomic E-state index is 0.0661. The van der Waals surface area contributed by atoms with Crippen molar-refractivity contribution in [1.82, 2.24) is 4.57 Å². The van der Waals surface area contributed by atoms with Gasteiger partial charge < -0.3 is 9.84 Å². The smallest absolute Gasteiger partial charge is 0.270 e. The highest BCUT2D eigenvalue weighted by Crippen LogP contribution is 2.47. The molecule has 0 aliphatic carbocycles. The van der Waals surface area contributed by atoms with Gasteiger partial charge in [-0.1, -0.05) is 41.7 Å². The van der Waals surface area contributed by atoms with Gasteiger partial charge in [-0.25, -0.2) is 4.99 Å². The van der Waals surface area contributed by atoms with Gasteiger partial charge in [0.1, 0.15) is 23.2 Å². The van der Waals surface area contributed by atoms with Crippen molar-refractivity contribution in [3.8, 4) is 11.5 Å². The molecule has 0 saturated carbocycles. The van der Waals surface area contributed by atoms with E-state index < -0.39 is 17.7 Å². The maximum Gasteiger partial charge on any atom is 0.270 e. The van der Waals surface area contributed by atoms with Crippen molar-refractivity contribution >= 4 is 23.2 Å². The van der Waals surface area contributed by atoms with Crippen LogP contribution in [-0.2, 0) is 4.79 Å². The lowest BCUT2D eigenvalue weighted by atomic mass is 9.79. The number of ether oxygens (including phenoxy) is 1. The predicted octanol–water partition coefficient (Wildman–Crippen LogP) is 1.98. The number of carbonyl (C=O) groups is 1. The zero-order valence-electron chi connectivity index (χ0n) is 15.8. The van der Waals surface area contributed by atoms with Crippen LogP contribution < -0.4 is 19.6 Å². The molecular formula is C22H18N2O4S. The Labute approximate surface area is 170 Å². The summed E-state index contributed by atoms with van der Waals surface area (Å²) in [6, 6.07) is 13.7. The van der Waals surface area contributed by atoms with Crippen molar-refractivity contribution in [2.75, 3.05) is 0 Å². The highest BCUT2D eigenvalue weighted by Gasteiger charge is 2.53. The minimum atomic E-state index is -1.06. The van der Waals surface area contributed by atoms with Crippen LogP contribution in [0.5, 0.6) is 11.5 Å². The second kappa shape index (κ2) is 6.15. The van der Waals surface area contributed by atoms with Crippen LogP contribution in [0.25, 0.3) is 6.08 Å². The van der Waals surface area contributed by atoms with Gasteiger partial charge in [0.05, 0.1) is 10.6 Å². The predicted molar refractivity (Wildman–Crippen MR) is 109 cm³/mol. The number of aromatic nitrogens is 1. The summed E-state index contributed by atoms with van der Waals surface area (Å²) in [7, 11) is 0. The lowest BCUT2D eigenvalue weighted by Gasteiger charge is -2.45. The molecule has 0 spiro atoms. The largest absolute Gasteiger partial charge is 0.508 e. The van der Waals surface area contributed by atoms with Crippen LogP contribution in [0, 0.1) is 5.92 Å². The van der Waals surface area contributed by atoms with Crippen LogP contribution in [0.15, 0.2) is 58.3 Å². The maximum absolute atomic E-state index is 13.3. The van der Waals surface area contributed by atoms with Gasteiger partial charge in [-0.2, -0.15) is 0 Å². The lowest BCUT2D eigenvalue weighted by Crippen LogP contribution is -2.58. The van der Waals surface area contributed by atoms with Gasteiger partial charge in [0.2, 0.25) is 5.72 Å². The molecule has 3 unspecified atom stereocenters. The van der Waals surface area contributed by atoms with E-state index in [0.29, 0.717) is 15.1 Å². The van der Waals surface area contributed by atoms with Crippen molar-refractivity contribution in [3.05, 3.63) is 79.3 Å². The Morgan fingerprint density at radius 2 is 1.97 bits per heavy atom. The topological polar surface area (TPSA) is 80.9 Å². The van der Waals surface area contributed by atoms with Gasteiger partial charge in [-0.3, -0.25) is 14.2 Å². The molecule has 1 aromatic heterocycles. The Kier molecular flexibility index (Phi) is 3.79. The number of hydrogen-bond donors (Lipinski definition) is 1. The third-order valence-electron chi connectivity index (χ3n) is 5.51. The van der Waals surface area contributed by atoms with Crippen LogP contribution in [0.4, 0.5) is 0 Å². The number of phenols is 1. The van der Waals surface area contributed by atoms with Crippen molar-refractivity contribution in [2.45, 2.75) is 25.6 Å². The fourth-order valence-corrected chi connectivity index (χ4v) is 5.38. The third-order valence-corrected chi connectivity index (χ3v) is 6.49. The molecule has 0 saturated heterocycles. The van der Waals surface area contributed by atoms with Crippen molar-refractivity contribution in [2.24, 2.45) is 10.9 Å². The fourth-order valence-electron chi connectivity index (χ4n) is 4.28. The number of fused-ring (bicyclic) bond motifs is 6. The molecule has 2 bridgehead atoms. The Bertz CT molecular complexity index is 1320. The average Bonchev–Trinajstić information content (AvgIpc) is 2.96. The fraction of sp³-hybridized carbons (Fsp3) is 0.227. The first-order valence-electron chi connectivity index (χ1n) is 9.28. The van der Waals surface area contributed by atoms with E-state index in [1.807, 2.05) is 24.3 Å². The van der Waals surface area contributed by atoms with Gasteiger partial charge >= 0.3 is 0 Å². The molecular weight excluding hydrogens is 388 g/mol. The van der Waals surface area contributed by atoms with E-state index in [-0.39, 0.29) is 17.1 Å². The Hall–Kier alpha value is -3.19. The summed E-state index contributed by atoms with van der Waals surface area (Å²) < 4.78 is 8.32. The number of Topliss-reactive ketones (excluding diaryl/α,β-unsaturated/α-hetero) is 1. The summed E-state index contributed by atoms with van der Waals surface area (Å²) in [5, 5.41) is 9.48. The molecule has 2 aliphatic heterocycles. The van der Waals surface area contributed by atoms with E-state index in [1.165, 1.54) is 18.3 Å². The van der Waals surface area contributed by atoms with Crippen molar-refractivity contribution in [1.29, 1.82) is 0 Å². The first-order chi connectivity index (χ1) is 13.9. The zero-order chi connectivity index (χ0) is 20.3. The monoisotopic (exact) mass is 406 g/mol. The molecule has 0 radical (unpaired) electrons. The number of benzene rings is 2. The Morgan fingerprint density at radius 1 is 1.24 bits per heavy atom. The van der Waals surface area contributed by atoms with Crippen LogP contribution in [-0.4, -0.2) is 21.2 Å². The summed E-state index contributed by atoms with van der Waals surface area (Å²) >= 11 is 1.28. The molecule has 5 rings (SSSR count). The lowest BCUT2D eigenvalue weighted by molar-refractivity contribution is -0.132. The van der Waals surface area contributed by atoms with Gasteiger partial charge in [0, 0.05) is 5.56 Å². The van der Waals surface area contributed by atoms with E-state index in [0.717, 1.165) is 11.1 Å². The molecule has 29 heavy (non-hydrogen) atoms. The number of rotatable bonds is 2. The summed E-state index contributed by atoms with van der Waals surface area (Å²) in [4.78, 5) is 31.2. The molecule has 0 amide bonds. The quantitative estimate of drug-likeness (QED) is 0.706. The van der Waals surface area contributed by atoms with Crippen LogP contribution in [0.3, 0.4) is 0 Å². The number of hydrogen-bond acceptors (Lipinski definition) is 6. The van der Waals surface area contributed by atoms with Gasteiger partial charge in [0.15, 0.2) is 4.80 Å². The molecule has 146 valence electrons. The van der Waals surface area contributed by atoms with E-state index in [2.05, 4.69) is 0 Å². The molecule has 3 aromatic rings. The first-order valence-corrected chi connectivity index (χ1v) is 10.1. The number of phenolic OH excluding ortho intramolecular Hbond substituents is 1. The summed E-state index contributed by atoms with van der Waals surface area (Å²) in [5.41, 5.74) is 0.375. The maximum atomic E-state index is 13.3. The summed E-state index contributed by atoms with van der Waals surface area (Å²) in [6.45, 7) is 3.33. The first kappa shape index (κ1) is 17.9. The van der Waals surface area contributed by atoms with Crippen LogP contribution >= 0.6 is 11.3 Å². The summed E-state index contributed by atoms with van der Waals surface area (Å²) in [5.74, 6) is 0.162. The molecule has 3 heterocycles. The second-order valence-corrected chi connectivity index (χ2v) is 8.51. The standard InChI is InChI=1S/C22H18N2O4S/c1-12(25)18-19-15-5-3-4-6-16(15)28-22(18,2)23-21-24(19)20(27)17(29-21)11-13-7-9-14(26)10-8-13/h3-11,18-19,26H,1-2H3/b17-11-. The van der Waals surface area contributed by atoms with E-state index in [9.17, 15) is 14.7 Å². The molecule has 2 aromatic carbocycles. The van der Waals surface area contributed by atoms with Crippen LogP contribution in [0.1, 0.15) is 31.0 Å². The Morgan fingerprint density at radius 3 is 2.69 bits per heavy atom. The van der Waals surface area contributed by atoms with E-state index in [4.69, 9.17) is 9.73 Å². The molecule has 1 N–H and O–H groups in total. The number of para-hydroxylation sites is 1. The van der Waals surface area contributed by atoms with Crippen LogP contribution in [0.2, 0.25) is 0 Å². The molecule has 3 atom stereocenters. The third kappa shape index (κ3) is 2.65. The molecule has 6 nitrogen and oxygen atoms in total. The van der Waals surface area contributed by atoms with E-state index in [1.54, 1.807) is 41.8 Å². The number of ketones is 1. The van der Waals surface area contributed by atoms with Gasteiger partial charge in [-0.05, 0) is 43.7 Å². The van der Waals surface area contributed by atoms with E-state index >= 15 is 0 Å².